The fourth-order valence-corrected chi connectivity index (χ4v) is 4.32. The zero-order valence-electron chi connectivity index (χ0n) is 19.0. The largest absolute Gasteiger partial charge is 0.493 e. The van der Waals surface area contributed by atoms with Crippen molar-refractivity contribution in [2.45, 2.75) is 13.8 Å². The first-order valence-corrected chi connectivity index (χ1v) is 11.5. The molecule has 2 aromatic heterocycles. The maximum atomic E-state index is 12.8. The van der Waals surface area contributed by atoms with Crippen LogP contribution in [-0.4, -0.2) is 58.1 Å². The van der Waals surface area contributed by atoms with Crippen molar-refractivity contribution in [2.75, 3.05) is 26.8 Å². The van der Waals surface area contributed by atoms with Gasteiger partial charge in [-0.2, -0.15) is 0 Å². The molecule has 10 heteroatoms. The van der Waals surface area contributed by atoms with E-state index in [9.17, 15) is 14.4 Å². The van der Waals surface area contributed by atoms with Crippen LogP contribution in [0.3, 0.4) is 0 Å². The maximum Gasteiger partial charge on any atom is 0.293 e. The molecule has 4 rings (SSSR count). The molecule has 1 fully saturated rings. The molecule has 0 saturated carbocycles. The Bertz CT molecular complexity index is 1300. The van der Waals surface area contributed by atoms with E-state index >= 15 is 0 Å². The first kappa shape index (κ1) is 23.4. The molecule has 0 radical (unpaired) electrons. The number of nitrogens with zero attached hydrogens (tertiary/aromatic N) is 3. The molecule has 176 valence electrons. The van der Waals surface area contributed by atoms with Crippen molar-refractivity contribution in [2.24, 2.45) is 0 Å². The number of aryl methyl sites for hydroxylation is 1. The molecule has 9 nitrogen and oxygen atoms in total. The van der Waals surface area contributed by atoms with Crippen LogP contribution in [0, 0.1) is 6.92 Å². The number of thioether (sulfide) groups is 1. The molecule has 1 aliphatic rings. The second-order valence-corrected chi connectivity index (χ2v) is 8.52. The van der Waals surface area contributed by atoms with E-state index in [4.69, 9.17) is 9.47 Å². The van der Waals surface area contributed by atoms with Crippen LogP contribution in [0.2, 0.25) is 0 Å². The summed E-state index contributed by atoms with van der Waals surface area (Å²) in [7, 11) is 1.54. The summed E-state index contributed by atoms with van der Waals surface area (Å²) < 4.78 is 12.6. The monoisotopic (exact) mass is 480 g/mol. The van der Waals surface area contributed by atoms with Crippen LogP contribution in [-0.2, 0) is 4.79 Å². The molecule has 1 saturated heterocycles. The fraction of sp³-hybridized carbons (Fsp3) is 0.250. The van der Waals surface area contributed by atoms with Gasteiger partial charge in [0.1, 0.15) is 11.3 Å². The summed E-state index contributed by atoms with van der Waals surface area (Å²) in [5.74, 6) is 0.372. The summed E-state index contributed by atoms with van der Waals surface area (Å²) in [5, 5.41) is 2.34. The van der Waals surface area contributed by atoms with Crippen LogP contribution in [0.15, 0.2) is 47.6 Å². The van der Waals surface area contributed by atoms with Crippen LogP contribution < -0.4 is 14.8 Å². The van der Waals surface area contributed by atoms with Crippen molar-refractivity contribution < 1.29 is 23.9 Å². The highest BCUT2D eigenvalue weighted by molar-refractivity contribution is 8.18. The second kappa shape index (κ2) is 10.0. The molecule has 0 bridgehead atoms. The van der Waals surface area contributed by atoms with Crippen LogP contribution in [0.25, 0.3) is 11.7 Å². The number of ether oxygens (including phenoxy) is 2. The lowest BCUT2D eigenvalue weighted by atomic mass is 10.2. The van der Waals surface area contributed by atoms with Crippen molar-refractivity contribution in [3.05, 3.63) is 64.5 Å². The Balaban J connectivity index is 1.38. The molecule has 3 amide bonds. The van der Waals surface area contributed by atoms with Gasteiger partial charge in [0.05, 0.1) is 18.6 Å². The van der Waals surface area contributed by atoms with Crippen molar-refractivity contribution >= 4 is 40.5 Å². The highest BCUT2D eigenvalue weighted by Gasteiger charge is 2.34. The number of carbonyl (C=O) groups excluding carboxylic acids is 3. The zero-order valence-corrected chi connectivity index (χ0v) is 19.8. The maximum absolute atomic E-state index is 12.8. The number of imide groups is 1. The van der Waals surface area contributed by atoms with Gasteiger partial charge in [0.25, 0.3) is 17.1 Å². The Morgan fingerprint density at radius 3 is 2.79 bits per heavy atom. The first-order valence-electron chi connectivity index (χ1n) is 10.7. The third-order valence-electron chi connectivity index (χ3n) is 5.13. The number of nitrogens with one attached hydrogen (secondary N) is 1. The van der Waals surface area contributed by atoms with Gasteiger partial charge in [0, 0.05) is 25.5 Å². The Morgan fingerprint density at radius 2 is 2.03 bits per heavy atom. The number of pyridine rings is 1. The molecule has 0 atom stereocenters. The number of rotatable bonds is 8. The highest BCUT2D eigenvalue weighted by Crippen LogP contribution is 2.34. The molecule has 3 heterocycles. The van der Waals surface area contributed by atoms with Crippen molar-refractivity contribution in [1.29, 1.82) is 0 Å². The minimum Gasteiger partial charge on any atom is -0.493 e. The summed E-state index contributed by atoms with van der Waals surface area (Å²) in [6.45, 7) is 4.51. The zero-order chi connectivity index (χ0) is 24.2. The summed E-state index contributed by atoms with van der Waals surface area (Å²) >= 11 is 0.862. The fourth-order valence-electron chi connectivity index (χ4n) is 3.46. The van der Waals surface area contributed by atoms with E-state index in [1.165, 1.54) is 7.11 Å². The number of amides is 3. The lowest BCUT2D eigenvalue weighted by Gasteiger charge is -2.12. The van der Waals surface area contributed by atoms with E-state index in [0.29, 0.717) is 34.2 Å². The normalized spacial score (nSPS) is 14.8. The van der Waals surface area contributed by atoms with E-state index in [1.807, 2.05) is 32.2 Å². The molecule has 3 aromatic rings. The van der Waals surface area contributed by atoms with E-state index < -0.39 is 5.91 Å². The van der Waals surface area contributed by atoms with Crippen LogP contribution in [0.4, 0.5) is 4.79 Å². The van der Waals surface area contributed by atoms with E-state index in [1.54, 1.807) is 34.9 Å². The average Bonchev–Trinajstić information content (AvgIpc) is 3.35. The number of fused-ring (bicyclic) bond motifs is 1. The van der Waals surface area contributed by atoms with Crippen LogP contribution in [0.5, 0.6) is 11.5 Å². The molecule has 0 unspecified atom stereocenters. The average molecular weight is 481 g/mol. The number of methoxy groups -OCH3 is 1. The van der Waals surface area contributed by atoms with Gasteiger partial charge in [-0.25, -0.2) is 4.98 Å². The lowest BCUT2D eigenvalue weighted by molar-refractivity contribution is -0.122. The van der Waals surface area contributed by atoms with Gasteiger partial charge in [-0.1, -0.05) is 6.07 Å². The highest BCUT2D eigenvalue weighted by atomic mass is 32.2. The third-order valence-corrected chi connectivity index (χ3v) is 6.04. The van der Waals surface area contributed by atoms with Crippen LogP contribution in [0.1, 0.15) is 28.5 Å². The Hall–Kier alpha value is -3.79. The number of imidazole rings is 1. The molecule has 0 spiro atoms. The van der Waals surface area contributed by atoms with Crippen molar-refractivity contribution in [1.82, 2.24) is 19.6 Å². The van der Waals surface area contributed by atoms with Gasteiger partial charge in [-0.3, -0.25) is 19.3 Å². The van der Waals surface area contributed by atoms with Crippen molar-refractivity contribution in [3.8, 4) is 11.5 Å². The molecule has 1 aliphatic heterocycles. The molecule has 1 N–H and O–H groups in total. The first-order chi connectivity index (χ1) is 16.4. The quantitative estimate of drug-likeness (QED) is 0.492. The smallest absolute Gasteiger partial charge is 0.293 e. The van der Waals surface area contributed by atoms with Gasteiger partial charge in [-0.15, -0.1) is 0 Å². The van der Waals surface area contributed by atoms with Gasteiger partial charge >= 0.3 is 0 Å². The predicted molar refractivity (Wildman–Crippen MR) is 129 cm³/mol. The number of aromatic nitrogens is 2. The van der Waals surface area contributed by atoms with E-state index in [2.05, 4.69) is 10.3 Å². The summed E-state index contributed by atoms with van der Waals surface area (Å²) in [6.07, 6.45) is 5.11. The van der Waals surface area contributed by atoms with E-state index in [-0.39, 0.29) is 29.9 Å². The summed E-state index contributed by atoms with van der Waals surface area (Å²) in [5.41, 5.74) is 2.69. The third kappa shape index (κ3) is 4.91. The van der Waals surface area contributed by atoms with Crippen molar-refractivity contribution in [3.63, 3.8) is 0 Å². The standard InChI is InChI=1S/C24H24N4O5S/c1-4-33-18-6-5-16(12-19(18)32-3)13-20-23(30)28(24(31)34-20)10-8-25-22(29)17-14-27-9-7-15(2)11-21(27)26-17/h5-7,9,11-14H,4,8,10H2,1-3H3,(H,25,29)/b20-13-. The van der Waals surface area contributed by atoms with Gasteiger partial charge < -0.3 is 19.2 Å². The summed E-state index contributed by atoms with van der Waals surface area (Å²) in [6, 6.07) is 9.10. The Morgan fingerprint density at radius 1 is 1.21 bits per heavy atom. The minimum absolute atomic E-state index is 0.0623. The SMILES string of the molecule is CCOc1ccc(/C=C2\SC(=O)N(CCNC(=O)c3cn4ccc(C)cc4n3)C2=O)cc1OC. The number of hydrogen-bond acceptors (Lipinski definition) is 7. The molecule has 34 heavy (non-hydrogen) atoms. The second-order valence-electron chi connectivity index (χ2n) is 7.53. The van der Waals surface area contributed by atoms with Gasteiger partial charge in [0.2, 0.25) is 0 Å². The molecular weight excluding hydrogens is 456 g/mol. The Labute approximate surface area is 200 Å². The number of carbonyl (C=O) groups is 3. The van der Waals surface area contributed by atoms with E-state index in [0.717, 1.165) is 22.2 Å². The van der Waals surface area contributed by atoms with Crippen LogP contribution >= 0.6 is 11.8 Å². The number of hydrogen-bond donors (Lipinski definition) is 1. The molecule has 1 aromatic carbocycles. The van der Waals surface area contributed by atoms with Gasteiger partial charge in [-0.05, 0) is 67.1 Å². The Kier molecular flexibility index (Phi) is 6.87. The van der Waals surface area contributed by atoms with Gasteiger partial charge in [0.15, 0.2) is 11.5 Å². The minimum atomic E-state index is -0.402. The number of benzene rings is 1. The summed E-state index contributed by atoms with van der Waals surface area (Å²) in [4.78, 5) is 43.4. The lowest BCUT2D eigenvalue weighted by Crippen LogP contribution is -2.37. The molecule has 0 aliphatic carbocycles. The topological polar surface area (TPSA) is 102 Å². The molecular formula is C24H24N4O5S. The predicted octanol–water partition coefficient (Wildman–Crippen LogP) is 3.52.